The second-order valence-electron chi connectivity index (χ2n) is 7.45. The van der Waals surface area contributed by atoms with E-state index in [1.807, 2.05) is 18.5 Å². The molecule has 0 atom stereocenters. The number of anilines is 1. The molecule has 158 valence electrons. The molecule has 0 amide bonds. The molecule has 1 aliphatic rings. The van der Waals surface area contributed by atoms with Gasteiger partial charge in [0.05, 0.1) is 0 Å². The van der Waals surface area contributed by atoms with Gasteiger partial charge in [0.25, 0.3) is 0 Å². The average molecular weight is 400 g/mol. The van der Waals surface area contributed by atoms with E-state index in [0.29, 0.717) is 6.54 Å². The van der Waals surface area contributed by atoms with Crippen LogP contribution in [0.3, 0.4) is 0 Å². The predicted octanol–water partition coefficient (Wildman–Crippen LogP) is 1.74. The molecule has 3 rings (SSSR count). The number of hydrogen-bond donors (Lipinski definition) is 1. The molecule has 0 aliphatic carbocycles. The highest BCUT2D eigenvalue weighted by molar-refractivity contribution is 5.80. The van der Waals surface area contributed by atoms with Crippen LogP contribution in [0.25, 0.3) is 0 Å². The number of rotatable bonds is 7. The van der Waals surface area contributed by atoms with Crippen molar-refractivity contribution >= 4 is 11.6 Å². The minimum Gasteiger partial charge on any atom is -0.385 e. The molecule has 29 heavy (non-hydrogen) atoms. The largest absolute Gasteiger partial charge is 0.385 e. The number of aryl methyl sites for hydroxylation is 2. The number of aliphatic imine (C=N–C) groups is 1. The summed E-state index contributed by atoms with van der Waals surface area (Å²) in [7, 11) is 3.71. The van der Waals surface area contributed by atoms with E-state index in [9.17, 15) is 0 Å². The first kappa shape index (κ1) is 21.1. The molecule has 8 heteroatoms. The number of nitrogens with one attached hydrogen (secondary N) is 1. The number of aromatic nitrogens is 3. The average Bonchev–Trinajstić information content (AvgIpc) is 3.05. The van der Waals surface area contributed by atoms with E-state index in [-0.39, 0.29) is 0 Å². The zero-order valence-electron chi connectivity index (χ0n) is 18.1. The summed E-state index contributed by atoms with van der Waals surface area (Å²) in [5, 5.41) is 11.9. The van der Waals surface area contributed by atoms with E-state index in [1.54, 1.807) is 7.11 Å². The Hall–Kier alpha value is -2.61. The summed E-state index contributed by atoms with van der Waals surface area (Å²) in [5.41, 5.74) is 2.59. The molecule has 1 N–H and O–H groups in total. The van der Waals surface area contributed by atoms with Crippen LogP contribution in [0.4, 0.5) is 5.69 Å². The van der Waals surface area contributed by atoms with E-state index >= 15 is 0 Å². The Bertz CT molecular complexity index is 809. The Morgan fingerprint density at radius 2 is 1.97 bits per heavy atom. The number of benzene rings is 1. The number of guanidine groups is 1. The van der Waals surface area contributed by atoms with Crippen LogP contribution in [0.15, 0.2) is 29.3 Å². The van der Waals surface area contributed by atoms with Crippen LogP contribution in [0.2, 0.25) is 0 Å². The molecule has 0 saturated carbocycles. The van der Waals surface area contributed by atoms with Crippen LogP contribution >= 0.6 is 0 Å². The third kappa shape index (κ3) is 5.69. The summed E-state index contributed by atoms with van der Waals surface area (Å²) in [4.78, 5) is 9.63. The molecular formula is C21H33N7O. The topological polar surface area (TPSA) is 70.8 Å². The van der Waals surface area contributed by atoms with Gasteiger partial charge in [-0.25, -0.2) is 4.99 Å². The van der Waals surface area contributed by atoms with Crippen molar-refractivity contribution in [3.8, 4) is 0 Å². The number of ether oxygens (including phenoxy) is 1. The Morgan fingerprint density at radius 1 is 1.17 bits per heavy atom. The lowest BCUT2D eigenvalue weighted by molar-refractivity contribution is 0.195. The fourth-order valence-electron chi connectivity index (χ4n) is 3.42. The molecule has 8 nitrogen and oxygen atoms in total. The van der Waals surface area contributed by atoms with Gasteiger partial charge in [0.2, 0.25) is 0 Å². The minimum atomic E-state index is 0.516. The van der Waals surface area contributed by atoms with Crippen molar-refractivity contribution in [3.05, 3.63) is 41.5 Å². The van der Waals surface area contributed by atoms with E-state index in [0.717, 1.165) is 63.4 Å². The molecule has 0 bridgehead atoms. The van der Waals surface area contributed by atoms with Gasteiger partial charge in [0.15, 0.2) is 11.8 Å². The van der Waals surface area contributed by atoms with E-state index < -0.39 is 0 Å². The van der Waals surface area contributed by atoms with E-state index in [1.165, 1.54) is 11.3 Å². The molecular weight excluding hydrogens is 366 g/mol. The van der Waals surface area contributed by atoms with Crippen molar-refractivity contribution < 1.29 is 4.74 Å². The lowest BCUT2D eigenvalue weighted by Crippen LogP contribution is -2.52. The zero-order chi connectivity index (χ0) is 20.6. The second-order valence-corrected chi connectivity index (χ2v) is 7.45. The summed E-state index contributed by atoms with van der Waals surface area (Å²) in [6, 6.07) is 8.72. The molecule has 1 saturated heterocycles. The first-order chi connectivity index (χ1) is 14.1. The number of piperazine rings is 1. The fourth-order valence-corrected chi connectivity index (χ4v) is 3.42. The third-order valence-electron chi connectivity index (χ3n) is 5.31. The Kier molecular flexibility index (Phi) is 7.46. The van der Waals surface area contributed by atoms with Gasteiger partial charge in [0.1, 0.15) is 12.4 Å². The fraction of sp³-hybridized carbons (Fsp3) is 0.571. The maximum atomic E-state index is 5.17. The first-order valence-electron chi connectivity index (χ1n) is 10.3. The maximum Gasteiger partial charge on any atom is 0.194 e. The van der Waals surface area contributed by atoms with Crippen LogP contribution in [-0.4, -0.2) is 72.1 Å². The molecule has 0 unspecified atom stereocenters. The summed E-state index contributed by atoms with van der Waals surface area (Å²) < 4.78 is 7.16. The minimum absolute atomic E-state index is 0.516. The standard InChI is InChI=1S/C21H33N7O/c1-17-7-5-8-19(15-17)27-10-12-28(13-11-27)21(22-9-6-14-29-4)23-16-20-25-24-18(2)26(20)3/h5,7-8,15H,6,9-14,16H2,1-4H3,(H,22,23). The lowest BCUT2D eigenvalue weighted by atomic mass is 10.2. The Balaban J connectivity index is 1.64. The van der Waals surface area contributed by atoms with Crippen LogP contribution in [0, 0.1) is 13.8 Å². The molecule has 1 aromatic carbocycles. The van der Waals surface area contributed by atoms with Gasteiger partial charge < -0.3 is 24.4 Å². The normalized spacial score (nSPS) is 15.1. The molecule has 2 aromatic rings. The maximum absolute atomic E-state index is 5.17. The van der Waals surface area contributed by atoms with Crippen molar-refractivity contribution in [2.24, 2.45) is 12.0 Å². The quantitative estimate of drug-likeness (QED) is 0.434. The second kappa shape index (κ2) is 10.2. The third-order valence-corrected chi connectivity index (χ3v) is 5.31. The summed E-state index contributed by atoms with van der Waals surface area (Å²) >= 11 is 0. The van der Waals surface area contributed by atoms with Crippen LogP contribution in [0.5, 0.6) is 0 Å². The molecule has 1 aliphatic heterocycles. The van der Waals surface area contributed by atoms with Gasteiger partial charge in [0, 0.05) is 59.2 Å². The van der Waals surface area contributed by atoms with Crippen LogP contribution < -0.4 is 10.2 Å². The molecule has 0 radical (unpaired) electrons. The zero-order valence-corrected chi connectivity index (χ0v) is 18.1. The molecule has 0 spiro atoms. The van der Waals surface area contributed by atoms with Gasteiger partial charge in [-0.3, -0.25) is 0 Å². The van der Waals surface area contributed by atoms with Gasteiger partial charge >= 0.3 is 0 Å². The Morgan fingerprint density at radius 3 is 2.62 bits per heavy atom. The van der Waals surface area contributed by atoms with Gasteiger partial charge in [-0.15, -0.1) is 10.2 Å². The summed E-state index contributed by atoms with van der Waals surface area (Å²) in [6.45, 7) is 10.0. The monoisotopic (exact) mass is 399 g/mol. The number of methoxy groups -OCH3 is 1. The van der Waals surface area contributed by atoms with Crippen LogP contribution in [0.1, 0.15) is 23.6 Å². The molecule has 2 heterocycles. The highest BCUT2D eigenvalue weighted by Gasteiger charge is 2.20. The number of hydrogen-bond acceptors (Lipinski definition) is 5. The highest BCUT2D eigenvalue weighted by atomic mass is 16.5. The van der Waals surface area contributed by atoms with Crippen molar-refractivity contribution in [3.63, 3.8) is 0 Å². The molecule has 1 fully saturated rings. The number of nitrogens with zero attached hydrogens (tertiary/aromatic N) is 6. The Labute approximate surface area is 173 Å². The van der Waals surface area contributed by atoms with Gasteiger partial charge in [-0.05, 0) is 38.0 Å². The van der Waals surface area contributed by atoms with Crippen LogP contribution in [-0.2, 0) is 18.3 Å². The van der Waals surface area contributed by atoms with Crippen molar-refractivity contribution in [1.82, 2.24) is 25.0 Å². The summed E-state index contributed by atoms with van der Waals surface area (Å²) in [6.07, 6.45) is 0.946. The van der Waals surface area contributed by atoms with Crippen molar-refractivity contribution in [2.45, 2.75) is 26.8 Å². The SMILES string of the molecule is COCCCNC(=NCc1nnc(C)n1C)N1CCN(c2cccc(C)c2)CC1. The predicted molar refractivity (Wildman–Crippen MR) is 116 cm³/mol. The van der Waals surface area contributed by atoms with E-state index in [4.69, 9.17) is 9.73 Å². The van der Waals surface area contributed by atoms with Gasteiger partial charge in [-0.1, -0.05) is 12.1 Å². The molecule has 1 aromatic heterocycles. The highest BCUT2D eigenvalue weighted by Crippen LogP contribution is 2.18. The van der Waals surface area contributed by atoms with Crippen molar-refractivity contribution in [2.75, 3.05) is 51.3 Å². The van der Waals surface area contributed by atoms with Crippen molar-refractivity contribution in [1.29, 1.82) is 0 Å². The summed E-state index contributed by atoms with van der Waals surface area (Å²) in [5.74, 6) is 2.71. The lowest BCUT2D eigenvalue weighted by Gasteiger charge is -2.38. The smallest absolute Gasteiger partial charge is 0.194 e. The van der Waals surface area contributed by atoms with Gasteiger partial charge in [-0.2, -0.15) is 0 Å². The first-order valence-corrected chi connectivity index (χ1v) is 10.3. The van der Waals surface area contributed by atoms with E-state index in [2.05, 4.69) is 56.5 Å².